The van der Waals surface area contributed by atoms with E-state index in [1.807, 2.05) is 0 Å². The highest BCUT2D eigenvalue weighted by atomic mass is 79.9. The molecule has 0 nitrogen and oxygen atoms in total. The van der Waals surface area contributed by atoms with Crippen molar-refractivity contribution in [3.63, 3.8) is 0 Å². The molecule has 2 rings (SSSR count). The standard InChI is InChI=1S/C9H12Br4/c10-8(11)4-1-2-6-7(3-5-8)9(6,12)13/h6-7H,1-5H2. The lowest BCUT2D eigenvalue weighted by Crippen LogP contribution is -2.13. The minimum Gasteiger partial charge on any atom is -0.0727 e. The number of halogens is 4. The zero-order valence-corrected chi connectivity index (χ0v) is 13.5. The Morgan fingerprint density at radius 1 is 0.846 bits per heavy atom. The summed E-state index contributed by atoms with van der Waals surface area (Å²) >= 11 is 15.0. The van der Waals surface area contributed by atoms with Crippen LogP contribution in [0, 0.1) is 11.8 Å². The van der Waals surface area contributed by atoms with Crippen molar-refractivity contribution in [3.8, 4) is 0 Å². The molecule has 0 spiro atoms. The van der Waals surface area contributed by atoms with Crippen LogP contribution < -0.4 is 0 Å². The van der Waals surface area contributed by atoms with Crippen LogP contribution in [0.1, 0.15) is 32.1 Å². The van der Waals surface area contributed by atoms with E-state index in [2.05, 4.69) is 63.7 Å². The van der Waals surface area contributed by atoms with E-state index in [1.165, 1.54) is 32.1 Å². The van der Waals surface area contributed by atoms with E-state index in [9.17, 15) is 0 Å². The van der Waals surface area contributed by atoms with Gasteiger partial charge in [-0.05, 0) is 37.5 Å². The molecule has 0 aliphatic heterocycles. The predicted molar refractivity (Wildman–Crippen MR) is 71.2 cm³/mol. The first-order valence-corrected chi connectivity index (χ1v) is 7.86. The Balaban J connectivity index is 1.99. The second-order valence-corrected chi connectivity index (χ2v) is 12.0. The number of hydrogen-bond acceptors (Lipinski definition) is 0. The van der Waals surface area contributed by atoms with Crippen molar-refractivity contribution in [1.82, 2.24) is 0 Å². The van der Waals surface area contributed by atoms with E-state index in [4.69, 9.17) is 0 Å². The van der Waals surface area contributed by atoms with Crippen molar-refractivity contribution in [2.75, 3.05) is 0 Å². The third-order valence-corrected chi connectivity index (χ3v) is 7.18. The molecule has 0 N–H and O–H groups in total. The summed E-state index contributed by atoms with van der Waals surface area (Å²) in [5.41, 5.74) is 0. The molecule has 2 aliphatic carbocycles. The Bertz CT molecular complexity index is 210. The summed E-state index contributed by atoms with van der Waals surface area (Å²) in [5, 5.41) is 0. The zero-order chi connectivity index (χ0) is 9.69. The van der Waals surface area contributed by atoms with Crippen LogP contribution in [-0.4, -0.2) is 6.47 Å². The van der Waals surface area contributed by atoms with E-state index in [0.717, 1.165) is 11.8 Å². The Kier molecular flexibility index (Phi) is 3.28. The average Bonchev–Trinajstić information content (AvgIpc) is 2.45. The monoisotopic (exact) mass is 436 g/mol. The first kappa shape index (κ1) is 11.4. The third-order valence-electron chi connectivity index (χ3n) is 3.24. The summed E-state index contributed by atoms with van der Waals surface area (Å²) in [5.74, 6) is 1.70. The van der Waals surface area contributed by atoms with Crippen LogP contribution in [0.4, 0.5) is 0 Å². The molecule has 2 unspecified atom stereocenters. The largest absolute Gasteiger partial charge is 0.0868 e. The lowest BCUT2D eigenvalue weighted by atomic mass is 10.0. The Morgan fingerprint density at radius 3 is 2.15 bits per heavy atom. The molecule has 13 heavy (non-hydrogen) atoms. The zero-order valence-electron chi connectivity index (χ0n) is 7.20. The molecule has 2 aliphatic rings. The first-order chi connectivity index (χ1) is 5.93. The second kappa shape index (κ2) is 3.74. The fourth-order valence-electron chi connectivity index (χ4n) is 2.32. The number of hydrogen-bond donors (Lipinski definition) is 0. The van der Waals surface area contributed by atoms with E-state index in [0.29, 0.717) is 0 Å². The van der Waals surface area contributed by atoms with Gasteiger partial charge in [-0.15, -0.1) is 0 Å². The fourth-order valence-corrected chi connectivity index (χ4v) is 5.27. The van der Waals surface area contributed by atoms with Gasteiger partial charge in [0.25, 0.3) is 0 Å². The van der Waals surface area contributed by atoms with Gasteiger partial charge in [0.2, 0.25) is 0 Å². The summed E-state index contributed by atoms with van der Waals surface area (Å²) in [6.07, 6.45) is 6.44. The highest BCUT2D eigenvalue weighted by Gasteiger charge is 2.61. The Morgan fingerprint density at radius 2 is 1.46 bits per heavy atom. The van der Waals surface area contributed by atoms with Gasteiger partial charge in [-0.1, -0.05) is 70.1 Å². The summed E-state index contributed by atoms with van der Waals surface area (Å²) < 4.78 is 0.490. The van der Waals surface area contributed by atoms with E-state index >= 15 is 0 Å². The SMILES string of the molecule is BrC1(Br)CCCC2C(CC1)C2(Br)Br. The van der Waals surface area contributed by atoms with Gasteiger partial charge in [-0.25, -0.2) is 0 Å². The maximum atomic E-state index is 3.77. The van der Waals surface area contributed by atoms with Crippen molar-refractivity contribution in [2.24, 2.45) is 11.8 Å². The van der Waals surface area contributed by atoms with Crippen LogP contribution >= 0.6 is 63.7 Å². The smallest absolute Gasteiger partial charge is 0.0727 e. The molecule has 0 aromatic carbocycles. The first-order valence-electron chi connectivity index (χ1n) is 4.69. The molecule has 4 heteroatoms. The molecule has 0 amide bonds. The van der Waals surface area contributed by atoms with Gasteiger partial charge in [0.05, 0.1) is 6.47 Å². The van der Waals surface area contributed by atoms with Gasteiger partial charge < -0.3 is 0 Å². The van der Waals surface area contributed by atoms with Crippen LogP contribution in [0.3, 0.4) is 0 Å². The van der Waals surface area contributed by atoms with Crippen LogP contribution in [0.5, 0.6) is 0 Å². The van der Waals surface area contributed by atoms with Crippen molar-refractivity contribution in [3.05, 3.63) is 0 Å². The van der Waals surface area contributed by atoms with Crippen molar-refractivity contribution < 1.29 is 0 Å². The molecule has 0 heterocycles. The number of alkyl halides is 4. The van der Waals surface area contributed by atoms with Crippen LogP contribution in [0.25, 0.3) is 0 Å². The number of rotatable bonds is 0. The third kappa shape index (κ3) is 2.36. The van der Waals surface area contributed by atoms with E-state index in [-0.39, 0.29) is 6.47 Å². The molecule has 76 valence electrons. The topological polar surface area (TPSA) is 0 Å². The maximum Gasteiger partial charge on any atom is 0.0868 e. The molecule has 0 aromatic rings. The molecule has 2 fully saturated rings. The van der Waals surface area contributed by atoms with Crippen molar-refractivity contribution in [1.29, 1.82) is 0 Å². The van der Waals surface area contributed by atoms with E-state index in [1.54, 1.807) is 0 Å². The van der Waals surface area contributed by atoms with Crippen LogP contribution in [0.15, 0.2) is 0 Å². The van der Waals surface area contributed by atoms with Crippen LogP contribution in [-0.2, 0) is 0 Å². The molecular formula is C9H12Br4. The Hall–Kier alpha value is 1.92. The van der Waals surface area contributed by atoms with Gasteiger partial charge in [-0.3, -0.25) is 0 Å². The van der Waals surface area contributed by atoms with Crippen molar-refractivity contribution >= 4 is 63.7 Å². The molecule has 0 aromatic heterocycles. The predicted octanol–water partition coefficient (Wildman–Crippen LogP) is 5.17. The highest BCUT2D eigenvalue weighted by molar-refractivity contribution is 9.25. The van der Waals surface area contributed by atoms with Gasteiger partial charge in [0.1, 0.15) is 0 Å². The quantitative estimate of drug-likeness (QED) is 0.457. The summed E-state index contributed by atoms with van der Waals surface area (Å²) in [4.78, 5) is 0. The fraction of sp³-hybridized carbons (Fsp3) is 1.00. The minimum absolute atomic E-state index is 0.212. The normalized spacial score (nSPS) is 41.5. The van der Waals surface area contributed by atoms with Crippen molar-refractivity contribution in [2.45, 2.75) is 38.6 Å². The minimum atomic E-state index is 0.212. The second-order valence-electron chi connectivity index (χ2n) is 4.17. The van der Waals surface area contributed by atoms with Gasteiger partial charge in [-0.2, -0.15) is 0 Å². The maximum absolute atomic E-state index is 3.77. The van der Waals surface area contributed by atoms with E-state index < -0.39 is 0 Å². The molecule has 0 bridgehead atoms. The van der Waals surface area contributed by atoms with Gasteiger partial charge in [0, 0.05) is 0 Å². The summed E-state index contributed by atoms with van der Waals surface area (Å²) in [6, 6.07) is 0. The number of fused-ring (bicyclic) bond motifs is 1. The molecular weight excluding hydrogens is 428 g/mol. The molecule has 0 radical (unpaired) electrons. The highest BCUT2D eigenvalue weighted by Crippen LogP contribution is 2.67. The average molecular weight is 440 g/mol. The van der Waals surface area contributed by atoms with Gasteiger partial charge in [0.15, 0.2) is 0 Å². The van der Waals surface area contributed by atoms with Crippen LogP contribution in [0.2, 0.25) is 0 Å². The van der Waals surface area contributed by atoms with Gasteiger partial charge >= 0.3 is 0 Å². The molecule has 2 atom stereocenters. The summed E-state index contributed by atoms with van der Waals surface area (Å²) in [6.45, 7) is 0. The lowest BCUT2D eigenvalue weighted by Gasteiger charge is -2.22. The lowest BCUT2D eigenvalue weighted by molar-refractivity contribution is 0.484. The summed E-state index contributed by atoms with van der Waals surface area (Å²) in [7, 11) is 0. The molecule has 2 saturated carbocycles. The Labute approximate surface area is 113 Å². The molecule has 0 saturated heterocycles.